The number of hydrogen-bond donors (Lipinski definition) is 2. The highest BCUT2D eigenvalue weighted by atomic mass is 79.9. The van der Waals surface area contributed by atoms with Crippen LogP contribution in [0.25, 0.3) is 0 Å². The predicted octanol–water partition coefficient (Wildman–Crippen LogP) is 3.87. The first kappa shape index (κ1) is 12.8. The van der Waals surface area contributed by atoms with Gasteiger partial charge in [-0.25, -0.2) is 4.39 Å². The highest BCUT2D eigenvalue weighted by Gasteiger charge is 2.25. The molecule has 1 aliphatic rings. The van der Waals surface area contributed by atoms with Crippen molar-refractivity contribution in [2.24, 2.45) is 11.7 Å². The van der Waals surface area contributed by atoms with Crippen LogP contribution in [0.5, 0.6) is 5.75 Å². The van der Waals surface area contributed by atoms with E-state index in [2.05, 4.69) is 15.9 Å². The monoisotopic (exact) mass is 301 g/mol. The molecule has 17 heavy (non-hydrogen) atoms. The van der Waals surface area contributed by atoms with Crippen molar-refractivity contribution < 1.29 is 9.50 Å². The molecule has 1 aliphatic carbocycles. The van der Waals surface area contributed by atoms with Gasteiger partial charge in [0.2, 0.25) is 0 Å². The summed E-state index contributed by atoms with van der Waals surface area (Å²) in [5.74, 6) is -0.114. The normalized spacial score (nSPS) is 19.2. The van der Waals surface area contributed by atoms with Crippen LogP contribution in [0.2, 0.25) is 0 Å². The molecule has 0 radical (unpaired) electrons. The van der Waals surface area contributed by atoms with Gasteiger partial charge >= 0.3 is 0 Å². The summed E-state index contributed by atoms with van der Waals surface area (Å²) in [7, 11) is 0. The van der Waals surface area contributed by atoms with E-state index in [1.165, 1.54) is 25.3 Å². The summed E-state index contributed by atoms with van der Waals surface area (Å²) in [6, 6.07) is 2.74. The van der Waals surface area contributed by atoms with Crippen LogP contribution in [0, 0.1) is 11.7 Å². The van der Waals surface area contributed by atoms with Crippen molar-refractivity contribution in [2.75, 3.05) is 0 Å². The summed E-state index contributed by atoms with van der Waals surface area (Å²) in [4.78, 5) is 0. The number of halogens is 2. The van der Waals surface area contributed by atoms with Gasteiger partial charge in [-0.2, -0.15) is 0 Å². The molecule has 1 saturated carbocycles. The van der Waals surface area contributed by atoms with Crippen LogP contribution in [-0.4, -0.2) is 5.11 Å². The molecule has 0 unspecified atom stereocenters. The third-order valence-electron chi connectivity index (χ3n) is 3.62. The standard InChI is InChI=1S/C13H17BrFNO/c14-11-10(15)7-6-9(13(11)17)12(16)8-4-2-1-3-5-8/h6-8,12,17H,1-5,16H2/t12-/m0/s1. The fourth-order valence-corrected chi connectivity index (χ4v) is 2.93. The van der Waals surface area contributed by atoms with E-state index in [0.717, 1.165) is 12.8 Å². The van der Waals surface area contributed by atoms with Gasteiger partial charge in [0.15, 0.2) is 0 Å². The van der Waals surface area contributed by atoms with Crippen molar-refractivity contribution in [1.29, 1.82) is 0 Å². The maximum atomic E-state index is 13.2. The van der Waals surface area contributed by atoms with Gasteiger partial charge in [-0.15, -0.1) is 0 Å². The molecule has 1 aromatic carbocycles. The number of phenolic OH excluding ortho intramolecular Hbond substituents is 1. The van der Waals surface area contributed by atoms with Crippen molar-refractivity contribution in [1.82, 2.24) is 0 Å². The van der Waals surface area contributed by atoms with E-state index in [1.807, 2.05) is 0 Å². The molecule has 0 aliphatic heterocycles. The molecule has 3 N–H and O–H groups in total. The molecule has 1 fully saturated rings. The quantitative estimate of drug-likeness (QED) is 0.871. The Kier molecular flexibility index (Phi) is 4.05. The maximum absolute atomic E-state index is 13.2. The Morgan fingerprint density at radius 3 is 2.59 bits per heavy atom. The molecule has 94 valence electrons. The van der Waals surface area contributed by atoms with Crippen LogP contribution in [0.3, 0.4) is 0 Å². The molecule has 0 bridgehead atoms. The molecule has 2 rings (SSSR count). The minimum absolute atomic E-state index is 0.0527. The SMILES string of the molecule is N[C@H](c1ccc(F)c(Br)c1O)C1CCCCC1. The van der Waals surface area contributed by atoms with Gasteiger partial charge in [-0.3, -0.25) is 0 Å². The average molecular weight is 302 g/mol. The van der Waals surface area contributed by atoms with Gasteiger partial charge in [-0.05, 0) is 40.8 Å². The molecule has 0 saturated heterocycles. The van der Waals surface area contributed by atoms with Crippen molar-refractivity contribution in [3.63, 3.8) is 0 Å². The maximum Gasteiger partial charge on any atom is 0.141 e. The van der Waals surface area contributed by atoms with Crippen LogP contribution in [-0.2, 0) is 0 Å². The van der Waals surface area contributed by atoms with Crippen LogP contribution in [0.4, 0.5) is 4.39 Å². The Labute approximate surface area is 109 Å². The van der Waals surface area contributed by atoms with E-state index < -0.39 is 5.82 Å². The second-order valence-corrected chi connectivity index (χ2v) is 5.52. The second-order valence-electron chi connectivity index (χ2n) is 4.72. The molecule has 0 spiro atoms. The zero-order chi connectivity index (χ0) is 12.4. The number of phenols is 1. The lowest BCUT2D eigenvalue weighted by atomic mass is 9.81. The average Bonchev–Trinajstić information content (AvgIpc) is 2.36. The zero-order valence-electron chi connectivity index (χ0n) is 9.63. The van der Waals surface area contributed by atoms with Crippen LogP contribution in [0.1, 0.15) is 43.7 Å². The van der Waals surface area contributed by atoms with Gasteiger partial charge in [0.05, 0.1) is 4.47 Å². The summed E-state index contributed by atoms with van der Waals surface area (Å²) < 4.78 is 13.3. The minimum Gasteiger partial charge on any atom is -0.506 e. The Bertz CT molecular complexity index is 405. The van der Waals surface area contributed by atoms with Gasteiger partial charge in [-0.1, -0.05) is 25.3 Å². The van der Waals surface area contributed by atoms with Crippen molar-refractivity contribution >= 4 is 15.9 Å². The Balaban J connectivity index is 2.24. The molecule has 4 heteroatoms. The lowest BCUT2D eigenvalue weighted by Crippen LogP contribution is -2.23. The first-order valence-corrected chi connectivity index (χ1v) is 6.83. The van der Waals surface area contributed by atoms with Crippen LogP contribution >= 0.6 is 15.9 Å². The van der Waals surface area contributed by atoms with Gasteiger partial charge in [0.1, 0.15) is 11.6 Å². The molecule has 0 amide bonds. The molecular weight excluding hydrogens is 285 g/mol. The highest BCUT2D eigenvalue weighted by Crippen LogP contribution is 2.39. The van der Waals surface area contributed by atoms with Crippen LogP contribution in [0.15, 0.2) is 16.6 Å². The fraction of sp³-hybridized carbons (Fsp3) is 0.538. The number of rotatable bonds is 2. The predicted molar refractivity (Wildman–Crippen MR) is 69.3 cm³/mol. The van der Waals surface area contributed by atoms with E-state index in [9.17, 15) is 9.50 Å². The topological polar surface area (TPSA) is 46.2 Å². The van der Waals surface area contributed by atoms with Gasteiger partial charge in [0.25, 0.3) is 0 Å². The molecule has 2 nitrogen and oxygen atoms in total. The van der Waals surface area contributed by atoms with E-state index in [1.54, 1.807) is 6.07 Å². The summed E-state index contributed by atoms with van der Waals surface area (Å²) in [5.41, 5.74) is 6.83. The molecule has 1 atom stereocenters. The smallest absolute Gasteiger partial charge is 0.141 e. The first-order chi connectivity index (χ1) is 8.11. The number of benzene rings is 1. The van der Waals surface area contributed by atoms with Crippen molar-refractivity contribution in [2.45, 2.75) is 38.1 Å². The number of nitrogens with two attached hydrogens (primary N) is 1. The summed E-state index contributed by atoms with van der Waals surface area (Å²) in [5, 5.41) is 9.91. The zero-order valence-corrected chi connectivity index (χ0v) is 11.2. The lowest BCUT2D eigenvalue weighted by molar-refractivity contribution is 0.302. The van der Waals surface area contributed by atoms with Gasteiger partial charge in [0, 0.05) is 11.6 Å². The number of aromatic hydroxyl groups is 1. The summed E-state index contributed by atoms with van der Waals surface area (Å²) >= 11 is 3.04. The molecular formula is C13H17BrFNO. The summed E-state index contributed by atoms with van der Waals surface area (Å²) in [6.07, 6.45) is 5.84. The third-order valence-corrected chi connectivity index (χ3v) is 4.37. The van der Waals surface area contributed by atoms with Gasteiger partial charge < -0.3 is 10.8 Å². The largest absolute Gasteiger partial charge is 0.506 e. The van der Waals surface area contributed by atoms with Crippen molar-refractivity contribution in [3.05, 3.63) is 28.0 Å². The van der Waals surface area contributed by atoms with Crippen LogP contribution < -0.4 is 5.73 Å². The minimum atomic E-state index is -0.456. The Hall–Kier alpha value is -0.610. The Morgan fingerprint density at radius 2 is 1.94 bits per heavy atom. The van der Waals surface area contributed by atoms with E-state index in [0.29, 0.717) is 11.5 Å². The lowest BCUT2D eigenvalue weighted by Gasteiger charge is -2.28. The summed E-state index contributed by atoms with van der Waals surface area (Å²) in [6.45, 7) is 0. The molecule has 1 aromatic rings. The van der Waals surface area contributed by atoms with E-state index in [4.69, 9.17) is 5.73 Å². The van der Waals surface area contributed by atoms with E-state index in [-0.39, 0.29) is 16.3 Å². The molecule has 0 heterocycles. The highest BCUT2D eigenvalue weighted by molar-refractivity contribution is 9.10. The van der Waals surface area contributed by atoms with E-state index >= 15 is 0 Å². The number of hydrogen-bond acceptors (Lipinski definition) is 2. The third kappa shape index (κ3) is 2.63. The fourth-order valence-electron chi connectivity index (χ4n) is 2.57. The molecule has 0 aromatic heterocycles. The first-order valence-electron chi connectivity index (χ1n) is 6.03. The second kappa shape index (κ2) is 5.36. The Morgan fingerprint density at radius 1 is 1.29 bits per heavy atom. The van der Waals surface area contributed by atoms with Crippen molar-refractivity contribution in [3.8, 4) is 5.75 Å².